The highest BCUT2D eigenvalue weighted by molar-refractivity contribution is 5.96. The highest BCUT2D eigenvalue weighted by atomic mass is 16.4. The summed E-state index contributed by atoms with van der Waals surface area (Å²) in [5.41, 5.74) is 6.30. The molecule has 0 atom stereocenters. The van der Waals surface area contributed by atoms with E-state index < -0.39 is 5.97 Å². The lowest BCUT2D eigenvalue weighted by Crippen LogP contribution is -2.12. The molecule has 84 valence electrons. The maximum Gasteiger partial charge on any atom is 0.352 e. The van der Waals surface area contributed by atoms with Crippen molar-refractivity contribution in [2.24, 2.45) is 10.9 Å². The number of allylic oxidation sites excluding steroid dienone is 1. The van der Waals surface area contributed by atoms with Crippen LogP contribution in [0.2, 0.25) is 0 Å². The van der Waals surface area contributed by atoms with Gasteiger partial charge in [-0.1, -0.05) is 25.1 Å². The van der Waals surface area contributed by atoms with Gasteiger partial charge in [0.25, 0.3) is 0 Å². The summed E-state index contributed by atoms with van der Waals surface area (Å²) in [6.45, 7) is 1.77. The Kier molecular flexibility index (Phi) is 3.77. The maximum absolute atomic E-state index is 10.8. The first kappa shape index (κ1) is 11.9. The molecule has 0 aliphatic heterocycles. The van der Waals surface area contributed by atoms with Gasteiger partial charge in [-0.3, -0.25) is 0 Å². The van der Waals surface area contributed by atoms with Crippen LogP contribution in [0.25, 0.3) is 5.57 Å². The zero-order chi connectivity index (χ0) is 12.1. The van der Waals surface area contributed by atoms with E-state index in [9.17, 15) is 9.70 Å². The largest absolute Gasteiger partial charge is 0.477 e. The predicted molar refractivity (Wildman–Crippen MR) is 60.9 cm³/mol. The van der Waals surface area contributed by atoms with Gasteiger partial charge < -0.3 is 10.8 Å². The lowest BCUT2D eigenvalue weighted by Gasteiger charge is -2.08. The lowest BCUT2D eigenvalue weighted by atomic mass is 9.99. The van der Waals surface area contributed by atoms with Gasteiger partial charge in [-0.2, -0.15) is 0 Å². The Balaban J connectivity index is 3.40. The molecule has 0 fully saturated rings. The molecule has 0 unspecified atom stereocenters. The number of carboxylic acids is 1. The predicted octanol–water partition coefficient (Wildman–Crippen LogP) is 2.25. The number of rotatable bonds is 4. The summed E-state index contributed by atoms with van der Waals surface area (Å²) >= 11 is 0. The van der Waals surface area contributed by atoms with E-state index in [2.05, 4.69) is 5.18 Å². The minimum Gasteiger partial charge on any atom is -0.477 e. The fourth-order valence-corrected chi connectivity index (χ4v) is 1.46. The number of hydrogen-bond donors (Lipinski definition) is 2. The molecule has 16 heavy (non-hydrogen) atoms. The van der Waals surface area contributed by atoms with Crippen molar-refractivity contribution in [1.29, 1.82) is 0 Å². The molecule has 0 saturated heterocycles. The van der Waals surface area contributed by atoms with Crippen LogP contribution in [0.1, 0.15) is 18.9 Å². The molecule has 1 aromatic rings. The Morgan fingerprint density at radius 2 is 2.06 bits per heavy atom. The van der Waals surface area contributed by atoms with Crippen molar-refractivity contribution in [3.8, 4) is 0 Å². The van der Waals surface area contributed by atoms with Crippen LogP contribution < -0.4 is 5.73 Å². The van der Waals surface area contributed by atoms with Gasteiger partial charge in [-0.25, -0.2) is 4.79 Å². The zero-order valence-electron chi connectivity index (χ0n) is 8.80. The average Bonchev–Trinajstić information content (AvgIpc) is 2.30. The molecule has 1 rings (SSSR count). The van der Waals surface area contributed by atoms with Crippen molar-refractivity contribution in [3.63, 3.8) is 0 Å². The molecule has 0 radical (unpaired) electrons. The summed E-state index contributed by atoms with van der Waals surface area (Å²) in [5.74, 6) is -1.20. The smallest absolute Gasteiger partial charge is 0.352 e. The van der Waals surface area contributed by atoms with Gasteiger partial charge in [0.15, 0.2) is 0 Å². The van der Waals surface area contributed by atoms with Crippen LogP contribution >= 0.6 is 0 Å². The number of carbonyl (C=O) groups is 1. The van der Waals surface area contributed by atoms with Crippen LogP contribution in [-0.4, -0.2) is 11.1 Å². The summed E-state index contributed by atoms with van der Waals surface area (Å²) < 4.78 is 0. The number of nitroso groups, excluding NO2 is 1. The molecule has 0 aromatic heterocycles. The first-order valence-electron chi connectivity index (χ1n) is 4.76. The van der Waals surface area contributed by atoms with Crippen molar-refractivity contribution in [1.82, 2.24) is 0 Å². The van der Waals surface area contributed by atoms with Gasteiger partial charge in [0.1, 0.15) is 11.4 Å². The van der Waals surface area contributed by atoms with Crippen LogP contribution in [0.15, 0.2) is 35.1 Å². The van der Waals surface area contributed by atoms with Crippen molar-refractivity contribution in [2.45, 2.75) is 13.3 Å². The van der Waals surface area contributed by atoms with Gasteiger partial charge in [0.2, 0.25) is 0 Å². The molecule has 5 heteroatoms. The first-order valence-corrected chi connectivity index (χ1v) is 4.76. The Hall–Kier alpha value is -2.17. The Bertz CT molecular complexity index is 452. The minimum atomic E-state index is -1.20. The van der Waals surface area contributed by atoms with E-state index in [1.54, 1.807) is 25.1 Å². The summed E-state index contributed by atoms with van der Waals surface area (Å²) in [5, 5.41) is 11.7. The zero-order valence-corrected chi connectivity index (χ0v) is 8.80. The standard InChI is InChI=1S/C11H12N2O3/c1-2-7(10(12)11(14)15)8-5-3-4-6-9(8)13-16/h3-6H,2,12H2,1H3,(H,14,15). The molecular formula is C11H12N2O3. The second kappa shape index (κ2) is 5.06. The monoisotopic (exact) mass is 220 g/mol. The third kappa shape index (κ3) is 2.25. The van der Waals surface area contributed by atoms with E-state index >= 15 is 0 Å². The number of hydrogen-bond acceptors (Lipinski definition) is 4. The van der Waals surface area contributed by atoms with Crippen LogP contribution in [0.3, 0.4) is 0 Å². The van der Waals surface area contributed by atoms with Gasteiger partial charge >= 0.3 is 5.97 Å². The lowest BCUT2D eigenvalue weighted by molar-refractivity contribution is -0.132. The second-order valence-electron chi connectivity index (χ2n) is 3.16. The van der Waals surface area contributed by atoms with Crippen molar-refractivity contribution in [2.75, 3.05) is 0 Å². The maximum atomic E-state index is 10.8. The molecule has 0 aliphatic carbocycles. The Morgan fingerprint density at radius 1 is 1.44 bits per heavy atom. The quantitative estimate of drug-likeness (QED) is 0.601. The summed E-state index contributed by atoms with van der Waals surface area (Å²) in [6.07, 6.45) is 0.421. The summed E-state index contributed by atoms with van der Waals surface area (Å²) in [4.78, 5) is 21.4. The van der Waals surface area contributed by atoms with Gasteiger partial charge in [-0.05, 0) is 23.2 Å². The molecular weight excluding hydrogens is 208 g/mol. The van der Waals surface area contributed by atoms with Gasteiger partial charge in [0, 0.05) is 5.56 Å². The summed E-state index contributed by atoms with van der Waals surface area (Å²) in [7, 11) is 0. The van der Waals surface area contributed by atoms with Crippen molar-refractivity contribution in [3.05, 3.63) is 40.4 Å². The SMILES string of the molecule is CCC(=C(N)C(=O)O)c1ccccc1N=O. The number of nitrogens with zero attached hydrogens (tertiary/aromatic N) is 1. The fraction of sp³-hybridized carbons (Fsp3) is 0.182. The molecule has 5 nitrogen and oxygen atoms in total. The van der Waals surface area contributed by atoms with E-state index in [0.717, 1.165) is 0 Å². The van der Waals surface area contributed by atoms with Crippen LogP contribution in [-0.2, 0) is 4.79 Å². The highest BCUT2D eigenvalue weighted by Crippen LogP contribution is 2.29. The third-order valence-corrected chi connectivity index (χ3v) is 2.24. The molecule has 0 saturated carbocycles. The van der Waals surface area contributed by atoms with Gasteiger partial charge in [0.05, 0.1) is 0 Å². The van der Waals surface area contributed by atoms with Crippen molar-refractivity contribution < 1.29 is 9.90 Å². The Morgan fingerprint density at radius 3 is 2.56 bits per heavy atom. The van der Waals surface area contributed by atoms with E-state index in [0.29, 0.717) is 17.6 Å². The number of benzene rings is 1. The molecule has 0 aliphatic rings. The second-order valence-corrected chi connectivity index (χ2v) is 3.16. The average molecular weight is 220 g/mol. The molecule has 0 bridgehead atoms. The molecule has 0 heterocycles. The number of nitrogens with two attached hydrogens (primary N) is 1. The topological polar surface area (TPSA) is 92.8 Å². The normalized spacial score (nSPS) is 11.8. The first-order chi connectivity index (χ1) is 7.61. The Labute approximate surface area is 92.6 Å². The van der Waals surface area contributed by atoms with E-state index in [4.69, 9.17) is 10.8 Å². The molecule has 0 amide bonds. The van der Waals surface area contributed by atoms with E-state index in [1.807, 2.05) is 0 Å². The summed E-state index contributed by atoms with van der Waals surface area (Å²) in [6, 6.07) is 6.51. The molecule has 3 N–H and O–H groups in total. The molecule has 0 spiro atoms. The van der Waals surface area contributed by atoms with Gasteiger partial charge in [-0.15, -0.1) is 4.91 Å². The van der Waals surface area contributed by atoms with Crippen LogP contribution in [0.4, 0.5) is 5.69 Å². The van der Waals surface area contributed by atoms with E-state index in [1.165, 1.54) is 6.07 Å². The third-order valence-electron chi connectivity index (χ3n) is 2.24. The minimum absolute atomic E-state index is 0.198. The van der Waals surface area contributed by atoms with E-state index in [-0.39, 0.29) is 11.4 Å². The van der Waals surface area contributed by atoms with Crippen LogP contribution in [0.5, 0.6) is 0 Å². The molecule has 1 aromatic carbocycles. The number of aliphatic carboxylic acids is 1. The highest BCUT2D eigenvalue weighted by Gasteiger charge is 2.14. The van der Waals surface area contributed by atoms with Crippen LogP contribution in [0, 0.1) is 4.91 Å². The number of carboxylic acid groups (broad SMARTS) is 1. The van der Waals surface area contributed by atoms with Crippen molar-refractivity contribution >= 4 is 17.2 Å². The fourth-order valence-electron chi connectivity index (χ4n) is 1.46.